The van der Waals surface area contributed by atoms with Gasteiger partial charge >= 0.3 is 6.09 Å². The van der Waals surface area contributed by atoms with Gasteiger partial charge in [0.15, 0.2) is 5.78 Å². The molecule has 1 N–H and O–H groups in total. The van der Waals surface area contributed by atoms with Gasteiger partial charge in [-0.25, -0.2) is 4.79 Å². The van der Waals surface area contributed by atoms with Gasteiger partial charge in [-0.05, 0) is 20.8 Å². The first kappa shape index (κ1) is 11.7. The first-order valence-electron chi connectivity index (χ1n) is 4.82. The minimum Gasteiger partial charge on any atom is -0.444 e. The van der Waals surface area contributed by atoms with Crippen molar-refractivity contribution in [3.05, 3.63) is 0 Å². The standard InChI is InChI=1S/C10H15NO4/c1-10(2,3)15-9(14)11-7-4-6(12)5-8(7)13/h7H,4-5H2,1-3H3,(H,11,14). The van der Waals surface area contributed by atoms with Crippen LogP contribution in [0.15, 0.2) is 0 Å². The number of hydrogen-bond donors (Lipinski definition) is 1. The molecule has 1 unspecified atom stereocenters. The normalized spacial score (nSPS) is 21.7. The third-order valence-electron chi connectivity index (χ3n) is 1.88. The minimum absolute atomic E-state index is 0.0814. The van der Waals surface area contributed by atoms with E-state index in [1.807, 2.05) is 0 Å². The van der Waals surface area contributed by atoms with E-state index in [1.165, 1.54) is 0 Å². The number of amides is 1. The van der Waals surface area contributed by atoms with Crippen LogP contribution in [-0.4, -0.2) is 29.3 Å². The molecule has 0 aromatic heterocycles. The van der Waals surface area contributed by atoms with Crippen LogP contribution in [0.3, 0.4) is 0 Å². The SMILES string of the molecule is CC(C)(C)OC(=O)NC1CC(=O)CC1=O. The van der Waals surface area contributed by atoms with Gasteiger partial charge in [-0.15, -0.1) is 0 Å². The Morgan fingerprint density at radius 3 is 2.40 bits per heavy atom. The van der Waals surface area contributed by atoms with E-state index in [4.69, 9.17) is 4.74 Å². The highest BCUT2D eigenvalue weighted by Crippen LogP contribution is 2.12. The average molecular weight is 213 g/mol. The fourth-order valence-electron chi connectivity index (χ4n) is 1.31. The number of carbonyl (C=O) groups is 3. The molecule has 15 heavy (non-hydrogen) atoms. The van der Waals surface area contributed by atoms with E-state index in [0.29, 0.717) is 0 Å². The van der Waals surface area contributed by atoms with Crippen molar-refractivity contribution in [3.63, 3.8) is 0 Å². The van der Waals surface area contributed by atoms with Crippen LogP contribution in [0.1, 0.15) is 33.6 Å². The van der Waals surface area contributed by atoms with Crippen molar-refractivity contribution < 1.29 is 19.1 Å². The number of alkyl carbamates (subject to hydrolysis) is 1. The number of Topliss-reactive ketones (excluding diaryl/α,β-unsaturated/α-hetero) is 2. The van der Waals surface area contributed by atoms with Gasteiger partial charge < -0.3 is 10.1 Å². The third kappa shape index (κ3) is 3.69. The number of nitrogens with one attached hydrogen (secondary N) is 1. The van der Waals surface area contributed by atoms with E-state index < -0.39 is 17.7 Å². The molecular formula is C10H15NO4. The maximum absolute atomic E-state index is 11.3. The summed E-state index contributed by atoms with van der Waals surface area (Å²) in [5, 5.41) is 2.38. The smallest absolute Gasteiger partial charge is 0.408 e. The summed E-state index contributed by atoms with van der Waals surface area (Å²) in [5.74, 6) is -0.382. The van der Waals surface area contributed by atoms with Crippen molar-refractivity contribution in [1.29, 1.82) is 0 Å². The molecule has 0 aromatic rings. The molecule has 5 heteroatoms. The molecule has 0 bridgehead atoms. The van der Waals surface area contributed by atoms with Crippen LogP contribution in [0.25, 0.3) is 0 Å². The van der Waals surface area contributed by atoms with Crippen LogP contribution in [0, 0.1) is 0 Å². The minimum atomic E-state index is -0.702. The Labute approximate surface area is 88.2 Å². The van der Waals surface area contributed by atoms with Gasteiger partial charge in [0.1, 0.15) is 11.4 Å². The molecular weight excluding hydrogens is 198 g/mol. The van der Waals surface area contributed by atoms with Crippen molar-refractivity contribution >= 4 is 17.7 Å². The summed E-state index contributed by atoms with van der Waals surface area (Å²) in [4.78, 5) is 33.4. The Bertz CT molecular complexity index is 303. The molecule has 0 spiro atoms. The zero-order chi connectivity index (χ0) is 11.6. The number of ether oxygens (including phenoxy) is 1. The Balaban J connectivity index is 2.45. The molecule has 1 aliphatic carbocycles. The van der Waals surface area contributed by atoms with Crippen LogP contribution in [0.5, 0.6) is 0 Å². The van der Waals surface area contributed by atoms with Crippen molar-refractivity contribution in [1.82, 2.24) is 5.32 Å². The van der Waals surface area contributed by atoms with E-state index >= 15 is 0 Å². The lowest BCUT2D eigenvalue weighted by Gasteiger charge is -2.21. The Kier molecular flexibility index (Phi) is 3.12. The third-order valence-corrected chi connectivity index (χ3v) is 1.88. The average Bonchev–Trinajstić information content (AvgIpc) is 2.25. The summed E-state index contributed by atoms with van der Waals surface area (Å²) >= 11 is 0. The fourth-order valence-corrected chi connectivity index (χ4v) is 1.31. The zero-order valence-electron chi connectivity index (χ0n) is 9.12. The molecule has 0 radical (unpaired) electrons. The Hall–Kier alpha value is -1.39. The molecule has 1 amide bonds. The first-order valence-corrected chi connectivity index (χ1v) is 4.82. The van der Waals surface area contributed by atoms with Crippen LogP contribution in [0.2, 0.25) is 0 Å². The Morgan fingerprint density at radius 1 is 1.40 bits per heavy atom. The van der Waals surface area contributed by atoms with Crippen molar-refractivity contribution in [2.24, 2.45) is 0 Å². The second-order valence-corrected chi connectivity index (χ2v) is 4.58. The number of hydrogen-bond acceptors (Lipinski definition) is 4. The molecule has 0 saturated heterocycles. The number of carbonyl (C=O) groups excluding carboxylic acids is 3. The van der Waals surface area contributed by atoms with Gasteiger partial charge in [-0.3, -0.25) is 9.59 Å². The van der Waals surface area contributed by atoms with Gasteiger partial charge in [0.2, 0.25) is 0 Å². The molecule has 0 aromatic carbocycles. The lowest BCUT2D eigenvalue weighted by Crippen LogP contribution is -2.41. The van der Waals surface area contributed by atoms with E-state index in [9.17, 15) is 14.4 Å². The monoisotopic (exact) mass is 213 g/mol. The summed E-state index contributed by atoms with van der Waals surface area (Å²) in [6.45, 7) is 5.19. The highest BCUT2D eigenvalue weighted by molar-refractivity contribution is 6.09. The number of rotatable bonds is 1. The van der Waals surface area contributed by atoms with Gasteiger partial charge in [-0.2, -0.15) is 0 Å². The van der Waals surface area contributed by atoms with Crippen molar-refractivity contribution in [2.45, 2.75) is 45.3 Å². The van der Waals surface area contributed by atoms with Crippen molar-refractivity contribution in [2.75, 3.05) is 0 Å². The lowest BCUT2D eigenvalue weighted by molar-refractivity contribution is -0.122. The predicted molar refractivity (Wildman–Crippen MR) is 52.4 cm³/mol. The molecule has 84 valence electrons. The molecule has 1 aliphatic rings. The van der Waals surface area contributed by atoms with E-state index in [0.717, 1.165) is 0 Å². The van der Waals surface area contributed by atoms with Crippen molar-refractivity contribution in [3.8, 4) is 0 Å². The summed E-state index contributed by atoms with van der Waals surface area (Å²) in [6, 6.07) is -0.702. The second-order valence-electron chi connectivity index (χ2n) is 4.58. The van der Waals surface area contributed by atoms with Gasteiger partial charge in [0, 0.05) is 6.42 Å². The fraction of sp³-hybridized carbons (Fsp3) is 0.700. The summed E-state index contributed by atoms with van der Waals surface area (Å²) < 4.78 is 4.97. The zero-order valence-corrected chi connectivity index (χ0v) is 9.12. The summed E-state index contributed by atoms with van der Waals surface area (Å²) in [5.41, 5.74) is -0.601. The second kappa shape index (κ2) is 4.00. The topological polar surface area (TPSA) is 72.5 Å². The number of ketones is 2. The van der Waals surface area contributed by atoms with E-state index in [1.54, 1.807) is 20.8 Å². The van der Waals surface area contributed by atoms with Crippen LogP contribution >= 0.6 is 0 Å². The summed E-state index contributed by atoms with van der Waals surface area (Å²) in [6.07, 6.45) is -0.658. The van der Waals surface area contributed by atoms with E-state index in [2.05, 4.69) is 5.32 Å². The van der Waals surface area contributed by atoms with Gasteiger partial charge in [0.05, 0.1) is 12.5 Å². The summed E-state index contributed by atoms with van der Waals surface area (Å²) in [7, 11) is 0. The molecule has 1 rings (SSSR count). The molecule has 1 fully saturated rings. The first-order chi connectivity index (χ1) is 6.78. The molecule has 0 heterocycles. The lowest BCUT2D eigenvalue weighted by atomic mass is 10.2. The van der Waals surface area contributed by atoms with Crippen LogP contribution < -0.4 is 5.32 Å². The Morgan fingerprint density at radius 2 is 2.00 bits per heavy atom. The molecule has 1 atom stereocenters. The van der Waals surface area contributed by atoms with Crippen LogP contribution in [-0.2, 0) is 14.3 Å². The van der Waals surface area contributed by atoms with Gasteiger partial charge in [-0.1, -0.05) is 0 Å². The quantitative estimate of drug-likeness (QED) is 0.654. The van der Waals surface area contributed by atoms with Gasteiger partial charge in [0.25, 0.3) is 0 Å². The predicted octanol–water partition coefficient (Wildman–Crippen LogP) is 0.812. The maximum Gasteiger partial charge on any atom is 0.408 e. The molecule has 1 saturated carbocycles. The highest BCUT2D eigenvalue weighted by Gasteiger charge is 2.33. The van der Waals surface area contributed by atoms with Crippen LogP contribution in [0.4, 0.5) is 4.79 Å². The van der Waals surface area contributed by atoms with E-state index in [-0.39, 0.29) is 24.4 Å². The highest BCUT2D eigenvalue weighted by atomic mass is 16.6. The largest absolute Gasteiger partial charge is 0.444 e. The molecule has 5 nitrogen and oxygen atoms in total. The molecule has 0 aliphatic heterocycles. The maximum atomic E-state index is 11.3.